The summed E-state index contributed by atoms with van der Waals surface area (Å²) in [5, 5.41) is 10.5. The number of H-pyrrole nitrogens is 1. The van der Waals surface area contributed by atoms with Crippen molar-refractivity contribution in [3.63, 3.8) is 0 Å². The monoisotopic (exact) mass is 490 g/mol. The maximum Gasteiger partial charge on any atom is 0.237 e. The molecule has 6 rings (SSSR count). The van der Waals surface area contributed by atoms with E-state index in [1.54, 1.807) is 19.4 Å². The van der Waals surface area contributed by atoms with Crippen LogP contribution in [0.3, 0.4) is 0 Å². The number of halogens is 1. The molecule has 0 spiro atoms. The van der Waals surface area contributed by atoms with Crippen LogP contribution in [0.2, 0.25) is 0 Å². The molecule has 7 nitrogen and oxygen atoms in total. The second kappa shape index (κ2) is 9.33. The van der Waals surface area contributed by atoms with Crippen LogP contribution in [-0.2, 0) is 4.79 Å². The predicted molar refractivity (Wildman–Crippen MR) is 136 cm³/mol. The molecule has 36 heavy (non-hydrogen) atoms. The third-order valence-electron chi connectivity index (χ3n) is 8.10. The van der Waals surface area contributed by atoms with E-state index in [0.29, 0.717) is 23.9 Å². The maximum absolute atomic E-state index is 14.1. The lowest BCUT2D eigenvalue weighted by atomic mass is 9.97. The molecule has 1 amide bonds. The van der Waals surface area contributed by atoms with Crippen LogP contribution < -0.4 is 4.74 Å². The number of nitrogens with one attached hydrogen (secondary N) is 1. The Kier molecular flexibility index (Phi) is 6.01. The third kappa shape index (κ3) is 3.98. The fourth-order valence-corrected chi connectivity index (χ4v) is 6.29. The van der Waals surface area contributed by atoms with Crippen LogP contribution in [0.4, 0.5) is 4.39 Å². The fraction of sp³-hybridized carbons (Fsp3) is 0.429. The van der Waals surface area contributed by atoms with Crippen LogP contribution in [0, 0.1) is 5.82 Å². The lowest BCUT2D eigenvalue weighted by Crippen LogP contribution is -2.48. The zero-order chi connectivity index (χ0) is 24.8. The van der Waals surface area contributed by atoms with Crippen molar-refractivity contribution >= 4 is 22.5 Å². The molecule has 3 aromatic rings. The van der Waals surface area contributed by atoms with Crippen LogP contribution >= 0.6 is 0 Å². The van der Waals surface area contributed by atoms with Gasteiger partial charge in [-0.2, -0.15) is 0 Å². The number of benzene rings is 1. The second-order valence-corrected chi connectivity index (χ2v) is 10.1. The first kappa shape index (κ1) is 23.2. The van der Waals surface area contributed by atoms with Crippen LogP contribution in [0.15, 0.2) is 42.6 Å². The Morgan fingerprint density at radius 2 is 2.11 bits per heavy atom. The summed E-state index contributed by atoms with van der Waals surface area (Å²) in [6.45, 7) is 1.20. The van der Waals surface area contributed by atoms with Crippen molar-refractivity contribution in [3.8, 4) is 16.9 Å². The fourth-order valence-electron chi connectivity index (χ4n) is 6.29. The van der Waals surface area contributed by atoms with E-state index in [0.717, 1.165) is 60.9 Å². The number of nitrogens with zero attached hydrogens (tertiary/aromatic N) is 3. The number of amides is 1. The molecule has 3 aliphatic rings. The van der Waals surface area contributed by atoms with Crippen molar-refractivity contribution in [2.24, 2.45) is 0 Å². The van der Waals surface area contributed by atoms with Gasteiger partial charge in [0, 0.05) is 41.5 Å². The Morgan fingerprint density at radius 3 is 2.92 bits per heavy atom. The molecule has 5 heterocycles. The molecule has 2 saturated heterocycles. The average Bonchev–Trinajstić information content (AvgIpc) is 3.59. The summed E-state index contributed by atoms with van der Waals surface area (Å²) in [5.74, 6) is 0.430. The average molecular weight is 491 g/mol. The molecular formula is C28H31FN4O3. The highest BCUT2D eigenvalue weighted by Crippen LogP contribution is 2.41. The first-order valence-electron chi connectivity index (χ1n) is 12.7. The topological polar surface area (TPSA) is 81.7 Å². The van der Waals surface area contributed by atoms with Gasteiger partial charge in [0.25, 0.3) is 0 Å². The number of carbonyl (C=O) groups is 1. The van der Waals surface area contributed by atoms with E-state index >= 15 is 0 Å². The van der Waals surface area contributed by atoms with Gasteiger partial charge >= 0.3 is 0 Å². The van der Waals surface area contributed by atoms with E-state index in [4.69, 9.17) is 4.74 Å². The number of aromatic amines is 1. The highest BCUT2D eigenvalue weighted by molar-refractivity contribution is 5.96. The van der Waals surface area contributed by atoms with Crippen molar-refractivity contribution in [3.05, 3.63) is 54.1 Å². The van der Waals surface area contributed by atoms with Gasteiger partial charge in [0.1, 0.15) is 17.2 Å². The maximum atomic E-state index is 14.1. The zero-order valence-corrected chi connectivity index (χ0v) is 20.4. The Balaban J connectivity index is 1.28. The van der Waals surface area contributed by atoms with Crippen LogP contribution in [0.5, 0.6) is 5.75 Å². The van der Waals surface area contributed by atoms with Gasteiger partial charge in [0.05, 0.1) is 26.3 Å². The van der Waals surface area contributed by atoms with E-state index in [1.807, 2.05) is 11.0 Å². The highest BCUT2D eigenvalue weighted by atomic mass is 19.1. The molecule has 2 N–H and O–H groups in total. The van der Waals surface area contributed by atoms with Gasteiger partial charge in [-0.1, -0.05) is 6.08 Å². The van der Waals surface area contributed by atoms with Gasteiger partial charge in [-0.3, -0.25) is 9.69 Å². The summed E-state index contributed by atoms with van der Waals surface area (Å²) >= 11 is 0. The number of rotatable bonds is 6. The van der Waals surface area contributed by atoms with E-state index in [2.05, 4.69) is 27.0 Å². The van der Waals surface area contributed by atoms with Gasteiger partial charge in [0.2, 0.25) is 5.91 Å². The van der Waals surface area contributed by atoms with Crippen molar-refractivity contribution in [1.82, 2.24) is 19.8 Å². The Bertz CT molecular complexity index is 1340. The summed E-state index contributed by atoms with van der Waals surface area (Å²) in [4.78, 5) is 25.2. The van der Waals surface area contributed by atoms with Gasteiger partial charge in [-0.15, -0.1) is 0 Å². The van der Waals surface area contributed by atoms with Gasteiger partial charge in [-0.05, 0) is 73.6 Å². The van der Waals surface area contributed by atoms with E-state index < -0.39 is 0 Å². The molecule has 188 valence electrons. The SMILES string of the molecule is COc1ccc(F)cc1-c1ccnc2[nH]c(C3=CC4CCC(C3)N4CC(=O)N3CCC[C@H]3CO)cc12. The van der Waals surface area contributed by atoms with Gasteiger partial charge < -0.3 is 19.7 Å². The summed E-state index contributed by atoms with van der Waals surface area (Å²) in [6, 6.07) is 9.04. The number of hydrogen-bond acceptors (Lipinski definition) is 5. The van der Waals surface area contributed by atoms with Crippen molar-refractivity contribution in [2.75, 3.05) is 26.8 Å². The molecule has 3 aliphatic heterocycles. The standard InChI is InChI=1S/C28H31FN4O3/c1-36-26-7-4-18(29)13-23(26)22-8-9-30-28-24(22)14-25(31-28)17-11-19-5-6-20(12-17)33(19)15-27(35)32-10-2-3-21(32)16-34/h4,7-9,11,13-14,19-21,34H,2-3,5-6,10,12,15-16H2,1H3,(H,30,31)/t19?,20?,21-/m0/s1. The second-order valence-electron chi connectivity index (χ2n) is 10.1. The molecule has 0 radical (unpaired) electrons. The predicted octanol–water partition coefficient (Wildman–Crippen LogP) is 3.98. The number of ether oxygens (including phenoxy) is 1. The molecule has 0 saturated carbocycles. The molecule has 1 aromatic carbocycles. The Labute approximate surface area is 209 Å². The van der Waals surface area contributed by atoms with Crippen LogP contribution in [0.1, 0.15) is 37.8 Å². The number of aliphatic hydroxyl groups is 1. The van der Waals surface area contributed by atoms with Crippen LogP contribution in [-0.4, -0.2) is 75.7 Å². The van der Waals surface area contributed by atoms with Crippen molar-refractivity contribution in [1.29, 1.82) is 0 Å². The lowest BCUT2D eigenvalue weighted by Gasteiger charge is -2.35. The largest absolute Gasteiger partial charge is 0.496 e. The summed E-state index contributed by atoms with van der Waals surface area (Å²) in [7, 11) is 1.59. The minimum absolute atomic E-state index is 0.0317. The van der Waals surface area contributed by atoms with Gasteiger partial charge in [-0.25, -0.2) is 9.37 Å². The van der Waals surface area contributed by atoms with Crippen molar-refractivity contribution in [2.45, 2.75) is 50.2 Å². The molecular weight excluding hydrogens is 459 g/mol. The van der Waals surface area contributed by atoms with E-state index in [1.165, 1.54) is 17.7 Å². The van der Waals surface area contributed by atoms with Crippen molar-refractivity contribution < 1.29 is 19.0 Å². The van der Waals surface area contributed by atoms with E-state index in [-0.39, 0.29) is 30.4 Å². The smallest absolute Gasteiger partial charge is 0.237 e. The number of pyridine rings is 1. The molecule has 3 atom stereocenters. The normalized spacial score (nSPS) is 23.9. The number of likely N-dealkylation sites (tertiary alicyclic amines) is 1. The number of methoxy groups -OCH3 is 1. The molecule has 0 aliphatic carbocycles. The Hall–Kier alpha value is -3.23. The minimum atomic E-state index is -0.313. The molecule has 2 aromatic heterocycles. The molecule has 2 fully saturated rings. The third-order valence-corrected chi connectivity index (χ3v) is 8.10. The number of hydrogen-bond donors (Lipinski definition) is 2. The number of aliphatic hydroxyl groups excluding tert-OH is 1. The summed E-state index contributed by atoms with van der Waals surface area (Å²) in [6.07, 6.45) is 8.83. The summed E-state index contributed by atoms with van der Waals surface area (Å²) in [5.41, 5.74) is 4.57. The first-order valence-corrected chi connectivity index (χ1v) is 12.7. The highest BCUT2D eigenvalue weighted by Gasteiger charge is 2.39. The Morgan fingerprint density at radius 1 is 1.22 bits per heavy atom. The zero-order valence-electron chi connectivity index (χ0n) is 20.4. The molecule has 2 unspecified atom stereocenters. The minimum Gasteiger partial charge on any atom is -0.496 e. The summed E-state index contributed by atoms with van der Waals surface area (Å²) < 4.78 is 19.6. The van der Waals surface area contributed by atoms with Gasteiger partial charge in [0.15, 0.2) is 0 Å². The number of aromatic nitrogens is 2. The quantitative estimate of drug-likeness (QED) is 0.546. The van der Waals surface area contributed by atoms with E-state index in [9.17, 15) is 14.3 Å². The first-order chi connectivity index (χ1) is 17.6. The molecule has 2 bridgehead atoms. The number of carbonyl (C=O) groups excluding carboxylic acids is 1. The molecule has 8 heteroatoms. The lowest BCUT2D eigenvalue weighted by molar-refractivity contribution is -0.134. The van der Waals surface area contributed by atoms with Crippen LogP contribution in [0.25, 0.3) is 27.7 Å². The number of fused-ring (bicyclic) bond motifs is 3.